The molecular formula is C11H15N5O. The van der Waals surface area contributed by atoms with Crippen LogP contribution in [0.4, 0.5) is 0 Å². The summed E-state index contributed by atoms with van der Waals surface area (Å²) in [5, 5.41) is 3.88. The largest absolute Gasteiger partial charge is 0.338 e. The molecule has 0 atom stereocenters. The number of rotatable bonds is 4. The number of nitrogens with two attached hydrogens (primary N) is 1. The Morgan fingerprint density at radius 3 is 2.59 bits per heavy atom. The van der Waals surface area contributed by atoms with Crippen molar-refractivity contribution >= 4 is 0 Å². The molecule has 0 radical (unpaired) electrons. The van der Waals surface area contributed by atoms with Crippen LogP contribution in [0.25, 0.3) is 11.6 Å². The predicted octanol–water partition coefficient (Wildman–Crippen LogP) is 1.15. The van der Waals surface area contributed by atoms with Crippen molar-refractivity contribution in [2.45, 2.75) is 25.7 Å². The minimum Gasteiger partial charge on any atom is -0.338 e. The standard InChI is InChI=1S/C11H15N5O/c1-11(2,4-5-12)10-15-9(16-17-10)8-13-6-3-7-14-8/h3,6-7H,4-5,12H2,1-2H3. The summed E-state index contributed by atoms with van der Waals surface area (Å²) in [4.78, 5) is 12.5. The fraction of sp³-hybridized carbons (Fsp3) is 0.455. The average Bonchev–Trinajstić information content (AvgIpc) is 2.80. The first-order chi connectivity index (χ1) is 8.13. The van der Waals surface area contributed by atoms with Crippen LogP contribution in [0.1, 0.15) is 26.2 Å². The predicted molar refractivity (Wildman–Crippen MR) is 62.0 cm³/mol. The average molecular weight is 233 g/mol. The zero-order valence-corrected chi connectivity index (χ0v) is 9.92. The van der Waals surface area contributed by atoms with Crippen LogP contribution < -0.4 is 5.73 Å². The molecular weight excluding hydrogens is 218 g/mol. The molecule has 0 aliphatic heterocycles. The number of nitrogens with zero attached hydrogens (tertiary/aromatic N) is 4. The molecule has 17 heavy (non-hydrogen) atoms. The topological polar surface area (TPSA) is 90.7 Å². The summed E-state index contributed by atoms with van der Waals surface area (Å²) in [6.45, 7) is 4.61. The number of hydrogen-bond acceptors (Lipinski definition) is 6. The van der Waals surface area contributed by atoms with E-state index in [0.29, 0.717) is 24.1 Å². The SMILES string of the molecule is CC(C)(CCN)c1nc(-c2ncccn2)no1. The minimum absolute atomic E-state index is 0.227. The van der Waals surface area contributed by atoms with Crippen molar-refractivity contribution < 1.29 is 4.52 Å². The lowest BCUT2D eigenvalue weighted by molar-refractivity contribution is 0.298. The number of hydrogen-bond donors (Lipinski definition) is 1. The maximum Gasteiger partial charge on any atom is 0.240 e. The fourth-order valence-corrected chi connectivity index (χ4v) is 1.47. The number of aromatic nitrogens is 4. The van der Waals surface area contributed by atoms with E-state index >= 15 is 0 Å². The third-order valence-electron chi connectivity index (χ3n) is 2.54. The lowest BCUT2D eigenvalue weighted by atomic mass is 9.89. The minimum atomic E-state index is -0.227. The summed E-state index contributed by atoms with van der Waals surface area (Å²) in [5.41, 5.74) is 5.33. The second kappa shape index (κ2) is 4.58. The van der Waals surface area contributed by atoms with E-state index in [1.807, 2.05) is 13.8 Å². The van der Waals surface area contributed by atoms with Crippen molar-refractivity contribution in [3.05, 3.63) is 24.4 Å². The van der Waals surface area contributed by atoms with Gasteiger partial charge in [0.1, 0.15) is 0 Å². The van der Waals surface area contributed by atoms with Gasteiger partial charge in [-0.3, -0.25) is 0 Å². The third-order valence-corrected chi connectivity index (χ3v) is 2.54. The zero-order chi connectivity index (χ0) is 12.3. The molecule has 0 spiro atoms. The highest BCUT2D eigenvalue weighted by Gasteiger charge is 2.27. The van der Waals surface area contributed by atoms with E-state index < -0.39 is 0 Å². The first kappa shape index (κ1) is 11.7. The lowest BCUT2D eigenvalue weighted by Crippen LogP contribution is -2.22. The van der Waals surface area contributed by atoms with E-state index in [9.17, 15) is 0 Å². The van der Waals surface area contributed by atoms with Gasteiger partial charge in [0, 0.05) is 17.8 Å². The molecule has 2 N–H and O–H groups in total. The van der Waals surface area contributed by atoms with E-state index in [1.165, 1.54) is 0 Å². The van der Waals surface area contributed by atoms with Gasteiger partial charge in [0.15, 0.2) is 0 Å². The molecule has 0 amide bonds. The Balaban J connectivity index is 2.28. The fourth-order valence-electron chi connectivity index (χ4n) is 1.47. The van der Waals surface area contributed by atoms with E-state index in [4.69, 9.17) is 10.3 Å². The van der Waals surface area contributed by atoms with Crippen molar-refractivity contribution in [3.8, 4) is 11.6 Å². The molecule has 0 saturated carbocycles. The highest BCUT2D eigenvalue weighted by atomic mass is 16.5. The van der Waals surface area contributed by atoms with E-state index in [0.717, 1.165) is 6.42 Å². The van der Waals surface area contributed by atoms with Crippen molar-refractivity contribution in [2.75, 3.05) is 6.54 Å². The van der Waals surface area contributed by atoms with Crippen molar-refractivity contribution in [1.29, 1.82) is 0 Å². The second-order valence-electron chi connectivity index (χ2n) is 4.42. The molecule has 90 valence electrons. The maximum atomic E-state index is 5.56. The van der Waals surface area contributed by atoms with Gasteiger partial charge in [-0.25, -0.2) is 9.97 Å². The van der Waals surface area contributed by atoms with E-state index in [1.54, 1.807) is 18.5 Å². The first-order valence-corrected chi connectivity index (χ1v) is 5.45. The first-order valence-electron chi connectivity index (χ1n) is 5.45. The Hall–Kier alpha value is -1.82. The van der Waals surface area contributed by atoms with Crippen LogP contribution in [0.5, 0.6) is 0 Å². The van der Waals surface area contributed by atoms with Gasteiger partial charge < -0.3 is 10.3 Å². The van der Waals surface area contributed by atoms with Crippen LogP contribution in [-0.4, -0.2) is 26.7 Å². The van der Waals surface area contributed by atoms with Crippen molar-refractivity contribution in [2.24, 2.45) is 5.73 Å². The Labute approximate surface area is 99.3 Å². The molecule has 0 aromatic carbocycles. The quantitative estimate of drug-likeness (QED) is 0.851. The molecule has 2 heterocycles. The van der Waals surface area contributed by atoms with Gasteiger partial charge in [0.2, 0.25) is 17.5 Å². The highest BCUT2D eigenvalue weighted by Crippen LogP contribution is 2.25. The molecule has 0 aliphatic carbocycles. The van der Waals surface area contributed by atoms with Crippen LogP contribution in [0.2, 0.25) is 0 Å². The molecule has 0 saturated heterocycles. The molecule has 6 heteroatoms. The molecule has 2 aromatic rings. The Morgan fingerprint density at radius 2 is 1.94 bits per heavy atom. The van der Waals surface area contributed by atoms with Crippen molar-refractivity contribution in [3.63, 3.8) is 0 Å². The van der Waals surface area contributed by atoms with E-state index in [-0.39, 0.29) is 5.41 Å². The zero-order valence-electron chi connectivity index (χ0n) is 9.92. The summed E-state index contributed by atoms with van der Waals surface area (Å²) in [6, 6.07) is 1.74. The maximum absolute atomic E-state index is 5.56. The molecule has 0 aliphatic rings. The van der Waals surface area contributed by atoms with Crippen LogP contribution in [-0.2, 0) is 5.41 Å². The van der Waals surface area contributed by atoms with Crippen LogP contribution in [0, 0.1) is 0 Å². The van der Waals surface area contributed by atoms with Gasteiger partial charge in [-0.1, -0.05) is 19.0 Å². The monoisotopic (exact) mass is 233 g/mol. The molecule has 2 rings (SSSR count). The molecule has 0 unspecified atom stereocenters. The summed E-state index contributed by atoms with van der Waals surface area (Å²) in [5.74, 6) is 1.43. The Morgan fingerprint density at radius 1 is 1.24 bits per heavy atom. The summed E-state index contributed by atoms with van der Waals surface area (Å²) in [6.07, 6.45) is 4.07. The molecule has 0 fully saturated rings. The van der Waals surface area contributed by atoms with Crippen LogP contribution in [0.15, 0.2) is 23.0 Å². The van der Waals surface area contributed by atoms with Crippen LogP contribution >= 0.6 is 0 Å². The Kier molecular flexibility index (Phi) is 3.14. The van der Waals surface area contributed by atoms with Gasteiger partial charge in [-0.2, -0.15) is 4.98 Å². The second-order valence-corrected chi connectivity index (χ2v) is 4.42. The summed E-state index contributed by atoms with van der Waals surface area (Å²) in [7, 11) is 0. The van der Waals surface area contributed by atoms with Gasteiger partial charge >= 0.3 is 0 Å². The highest BCUT2D eigenvalue weighted by molar-refractivity contribution is 5.40. The van der Waals surface area contributed by atoms with Gasteiger partial charge in [-0.05, 0) is 19.0 Å². The Bertz CT molecular complexity index is 480. The van der Waals surface area contributed by atoms with Gasteiger partial charge in [0.25, 0.3) is 0 Å². The molecule has 2 aromatic heterocycles. The van der Waals surface area contributed by atoms with Gasteiger partial charge in [0.05, 0.1) is 0 Å². The normalized spacial score (nSPS) is 11.7. The van der Waals surface area contributed by atoms with Crippen molar-refractivity contribution in [1.82, 2.24) is 20.1 Å². The summed E-state index contributed by atoms with van der Waals surface area (Å²) >= 11 is 0. The molecule has 6 nitrogen and oxygen atoms in total. The third kappa shape index (κ3) is 2.47. The summed E-state index contributed by atoms with van der Waals surface area (Å²) < 4.78 is 5.24. The van der Waals surface area contributed by atoms with Crippen LogP contribution in [0.3, 0.4) is 0 Å². The van der Waals surface area contributed by atoms with E-state index in [2.05, 4.69) is 20.1 Å². The lowest BCUT2D eigenvalue weighted by Gasteiger charge is -2.17. The van der Waals surface area contributed by atoms with Gasteiger partial charge in [-0.15, -0.1) is 0 Å². The smallest absolute Gasteiger partial charge is 0.240 e. The molecule has 0 bridgehead atoms.